The van der Waals surface area contributed by atoms with E-state index in [1.165, 1.54) is 37.6 Å². The molecule has 0 radical (unpaired) electrons. The van der Waals surface area contributed by atoms with Gasteiger partial charge in [-0.25, -0.2) is 9.82 Å². The van der Waals surface area contributed by atoms with Gasteiger partial charge in [0.05, 0.1) is 17.8 Å². The van der Waals surface area contributed by atoms with E-state index in [1.54, 1.807) is 12.1 Å². The van der Waals surface area contributed by atoms with Crippen LogP contribution in [0.4, 0.5) is 10.1 Å². The molecule has 2 N–H and O–H groups in total. The van der Waals surface area contributed by atoms with E-state index in [9.17, 15) is 14.0 Å². The lowest BCUT2D eigenvalue weighted by Crippen LogP contribution is -2.20. The molecule has 0 heterocycles. The van der Waals surface area contributed by atoms with Crippen molar-refractivity contribution in [3.63, 3.8) is 0 Å². The lowest BCUT2D eigenvalue weighted by Gasteiger charge is -2.13. The van der Waals surface area contributed by atoms with Gasteiger partial charge in [-0.15, -0.1) is 0 Å². The normalized spacial score (nSPS) is 10.7. The monoisotopic (exact) mass is 605 g/mol. The van der Waals surface area contributed by atoms with Crippen LogP contribution in [0.3, 0.4) is 0 Å². The standard InChI is InChI=1S/C25H22Br2FN3O4/c1-34-22-13-17(12-21(27)25(22)35-15-16-2-4-18(26)5-3-16)14-29-31-24(33)11-10-23(32)30-20-8-6-19(28)7-9-20/h2-9,12-14H,10-11,15H2,1H3,(H,30,32)(H,31,33). The van der Waals surface area contributed by atoms with Crippen LogP contribution >= 0.6 is 31.9 Å². The Labute approximate surface area is 219 Å². The number of hydrogen-bond donors (Lipinski definition) is 2. The number of hydrazone groups is 1. The number of amides is 2. The van der Waals surface area contributed by atoms with Crippen molar-refractivity contribution in [2.75, 3.05) is 12.4 Å². The van der Waals surface area contributed by atoms with E-state index in [-0.39, 0.29) is 18.7 Å². The Morgan fingerprint density at radius 3 is 2.37 bits per heavy atom. The first-order chi connectivity index (χ1) is 16.8. The number of methoxy groups -OCH3 is 1. The Kier molecular flexibility index (Phi) is 9.80. The second kappa shape index (κ2) is 13.0. The zero-order valence-corrected chi connectivity index (χ0v) is 21.9. The van der Waals surface area contributed by atoms with E-state index in [1.807, 2.05) is 24.3 Å². The van der Waals surface area contributed by atoms with E-state index in [0.29, 0.717) is 33.8 Å². The van der Waals surface area contributed by atoms with Crippen molar-refractivity contribution in [1.82, 2.24) is 5.43 Å². The van der Waals surface area contributed by atoms with Crippen molar-refractivity contribution < 1.29 is 23.5 Å². The Morgan fingerprint density at radius 2 is 1.69 bits per heavy atom. The number of nitrogens with one attached hydrogen (secondary N) is 2. The summed E-state index contributed by atoms with van der Waals surface area (Å²) in [5.74, 6) is -0.127. The average molecular weight is 607 g/mol. The van der Waals surface area contributed by atoms with Gasteiger partial charge in [-0.2, -0.15) is 5.10 Å². The first-order valence-electron chi connectivity index (χ1n) is 10.5. The maximum absolute atomic E-state index is 12.9. The molecule has 10 heteroatoms. The van der Waals surface area contributed by atoms with Crippen LogP contribution in [-0.2, 0) is 16.2 Å². The molecule has 7 nitrogen and oxygen atoms in total. The molecule has 0 aliphatic carbocycles. The molecule has 0 bridgehead atoms. The van der Waals surface area contributed by atoms with E-state index in [4.69, 9.17) is 9.47 Å². The van der Waals surface area contributed by atoms with Gasteiger partial charge in [0.1, 0.15) is 12.4 Å². The largest absolute Gasteiger partial charge is 0.493 e. The van der Waals surface area contributed by atoms with Gasteiger partial charge in [-0.1, -0.05) is 28.1 Å². The summed E-state index contributed by atoms with van der Waals surface area (Å²) in [5.41, 5.74) is 4.51. The summed E-state index contributed by atoms with van der Waals surface area (Å²) in [6.07, 6.45) is 1.37. The molecule has 0 spiro atoms. The molecule has 0 aliphatic heterocycles. The number of benzene rings is 3. The van der Waals surface area contributed by atoms with Crippen LogP contribution in [-0.4, -0.2) is 25.1 Å². The highest BCUT2D eigenvalue weighted by Crippen LogP contribution is 2.37. The van der Waals surface area contributed by atoms with Crippen molar-refractivity contribution >= 4 is 55.6 Å². The molecular formula is C25H22Br2FN3O4. The number of ether oxygens (including phenoxy) is 2. The lowest BCUT2D eigenvalue weighted by molar-refractivity contribution is -0.124. The maximum Gasteiger partial charge on any atom is 0.240 e. The summed E-state index contributed by atoms with van der Waals surface area (Å²) < 4.78 is 25.9. The fourth-order valence-electron chi connectivity index (χ4n) is 2.91. The van der Waals surface area contributed by atoms with Gasteiger partial charge in [-0.05, 0) is 75.6 Å². The quantitative estimate of drug-likeness (QED) is 0.225. The second-order valence-corrected chi connectivity index (χ2v) is 9.07. The van der Waals surface area contributed by atoms with Gasteiger partial charge < -0.3 is 14.8 Å². The number of halogens is 3. The third kappa shape index (κ3) is 8.48. The van der Waals surface area contributed by atoms with Gasteiger partial charge in [0.15, 0.2) is 11.5 Å². The molecule has 2 amide bonds. The number of nitrogens with zero attached hydrogens (tertiary/aromatic N) is 1. The minimum atomic E-state index is -0.420. The minimum Gasteiger partial charge on any atom is -0.493 e. The predicted octanol–water partition coefficient (Wildman–Crippen LogP) is 5.81. The molecule has 0 aromatic heterocycles. The lowest BCUT2D eigenvalue weighted by atomic mass is 10.2. The molecule has 3 rings (SSSR count). The number of carbonyl (C=O) groups is 2. The van der Waals surface area contributed by atoms with Crippen LogP contribution < -0.4 is 20.2 Å². The summed E-state index contributed by atoms with van der Waals surface area (Å²) in [5, 5.41) is 6.54. The summed E-state index contributed by atoms with van der Waals surface area (Å²) in [6, 6.07) is 16.7. The highest BCUT2D eigenvalue weighted by atomic mass is 79.9. The van der Waals surface area contributed by atoms with Gasteiger partial charge in [0, 0.05) is 23.0 Å². The second-order valence-electron chi connectivity index (χ2n) is 7.30. The van der Waals surface area contributed by atoms with Gasteiger partial charge in [0.2, 0.25) is 11.8 Å². The van der Waals surface area contributed by atoms with Crippen molar-refractivity contribution in [3.05, 3.63) is 86.6 Å². The Morgan fingerprint density at radius 1 is 1.00 bits per heavy atom. The Bertz CT molecular complexity index is 1200. The first-order valence-corrected chi connectivity index (χ1v) is 12.0. The molecule has 0 unspecified atom stereocenters. The van der Waals surface area contributed by atoms with Gasteiger partial charge in [-0.3, -0.25) is 9.59 Å². The summed E-state index contributed by atoms with van der Waals surface area (Å²) in [6.45, 7) is 0.362. The number of carbonyl (C=O) groups excluding carboxylic acids is 2. The molecule has 0 fully saturated rings. The fraction of sp³-hybridized carbons (Fsp3) is 0.160. The highest BCUT2D eigenvalue weighted by Gasteiger charge is 2.12. The van der Waals surface area contributed by atoms with Crippen molar-refractivity contribution in [3.8, 4) is 11.5 Å². The van der Waals surface area contributed by atoms with E-state index in [0.717, 1.165) is 10.0 Å². The third-order valence-corrected chi connectivity index (χ3v) is 5.78. The molecular weight excluding hydrogens is 585 g/mol. The summed E-state index contributed by atoms with van der Waals surface area (Å²) in [4.78, 5) is 23.9. The SMILES string of the molecule is COc1cc(C=NNC(=O)CCC(=O)Nc2ccc(F)cc2)cc(Br)c1OCc1ccc(Br)cc1. The van der Waals surface area contributed by atoms with Crippen LogP contribution in [0.25, 0.3) is 0 Å². The van der Waals surface area contributed by atoms with Crippen molar-refractivity contribution in [1.29, 1.82) is 0 Å². The number of hydrogen-bond acceptors (Lipinski definition) is 5. The predicted molar refractivity (Wildman–Crippen MR) is 139 cm³/mol. The van der Waals surface area contributed by atoms with E-state index in [2.05, 4.69) is 47.7 Å². The van der Waals surface area contributed by atoms with Crippen LogP contribution in [0.5, 0.6) is 11.5 Å². The molecule has 3 aromatic rings. The molecule has 0 aliphatic rings. The fourth-order valence-corrected chi connectivity index (χ4v) is 3.75. The molecule has 0 atom stereocenters. The zero-order valence-electron chi connectivity index (χ0n) is 18.7. The van der Waals surface area contributed by atoms with Crippen LogP contribution in [0, 0.1) is 5.82 Å². The molecule has 182 valence electrons. The molecule has 3 aromatic carbocycles. The van der Waals surface area contributed by atoms with Gasteiger partial charge in [0.25, 0.3) is 0 Å². The van der Waals surface area contributed by atoms with Crippen LogP contribution in [0.1, 0.15) is 24.0 Å². The van der Waals surface area contributed by atoms with Gasteiger partial charge >= 0.3 is 0 Å². The maximum atomic E-state index is 12.9. The number of anilines is 1. The molecule has 0 saturated carbocycles. The Balaban J connectivity index is 1.50. The highest BCUT2D eigenvalue weighted by molar-refractivity contribution is 9.10. The first kappa shape index (κ1) is 26.4. The zero-order chi connectivity index (χ0) is 25.2. The van der Waals surface area contributed by atoms with Crippen LogP contribution in [0.15, 0.2) is 74.7 Å². The summed E-state index contributed by atoms with van der Waals surface area (Å²) in [7, 11) is 1.54. The van der Waals surface area contributed by atoms with E-state index < -0.39 is 11.7 Å². The van der Waals surface area contributed by atoms with Crippen LogP contribution in [0.2, 0.25) is 0 Å². The summed E-state index contributed by atoms with van der Waals surface area (Å²) >= 11 is 6.90. The minimum absolute atomic E-state index is 0.0392. The topological polar surface area (TPSA) is 89.0 Å². The smallest absolute Gasteiger partial charge is 0.240 e. The third-order valence-electron chi connectivity index (χ3n) is 4.66. The van der Waals surface area contributed by atoms with E-state index >= 15 is 0 Å². The number of rotatable bonds is 10. The Hall–Kier alpha value is -3.24. The molecule has 35 heavy (non-hydrogen) atoms. The van der Waals surface area contributed by atoms with Crippen molar-refractivity contribution in [2.24, 2.45) is 5.10 Å². The average Bonchev–Trinajstić information content (AvgIpc) is 2.84. The van der Waals surface area contributed by atoms with Crippen molar-refractivity contribution in [2.45, 2.75) is 19.4 Å². The molecule has 0 saturated heterocycles.